The summed E-state index contributed by atoms with van der Waals surface area (Å²) in [5.41, 5.74) is 1.86. The highest BCUT2D eigenvalue weighted by Crippen LogP contribution is 2.56. The van der Waals surface area contributed by atoms with E-state index >= 15 is 0 Å². The minimum Gasteiger partial charge on any atom is -0.371 e. The quantitative estimate of drug-likeness (QED) is 0.831. The molecule has 0 amide bonds. The first-order valence-corrected chi connectivity index (χ1v) is 6.51. The number of thiophene rings is 1. The van der Waals surface area contributed by atoms with Crippen LogP contribution in [0.25, 0.3) is 0 Å². The van der Waals surface area contributed by atoms with Gasteiger partial charge in [0.2, 0.25) is 0 Å². The van der Waals surface area contributed by atoms with Crippen molar-refractivity contribution in [1.29, 1.82) is 0 Å². The molecule has 2 heterocycles. The summed E-state index contributed by atoms with van der Waals surface area (Å²) in [4.78, 5) is 1.60. The Hall–Kier alpha value is -0.380. The second-order valence-electron chi connectivity index (χ2n) is 4.79. The fraction of sp³-hybridized carbons (Fsp3) is 0.667. The largest absolute Gasteiger partial charge is 0.371 e. The standard InChI is InChI=1S/C12H17NOS/c1-8(13-2)10-9-3-6-15-11(9)12(4-5-12)7-14-10/h3,6,8,10,13H,4-5,7H2,1-2H3/t8-,10?/m0/s1. The van der Waals surface area contributed by atoms with Crippen LogP contribution in [0.3, 0.4) is 0 Å². The fourth-order valence-electron chi connectivity index (χ4n) is 2.47. The van der Waals surface area contributed by atoms with Crippen LogP contribution < -0.4 is 5.32 Å². The smallest absolute Gasteiger partial charge is 0.0986 e. The molecule has 82 valence electrons. The van der Waals surface area contributed by atoms with E-state index in [1.54, 1.807) is 4.88 Å². The summed E-state index contributed by atoms with van der Waals surface area (Å²) in [6, 6.07) is 2.65. The maximum atomic E-state index is 6.04. The number of nitrogens with one attached hydrogen (secondary N) is 1. The molecule has 1 aliphatic heterocycles. The second kappa shape index (κ2) is 3.30. The van der Waals surface area contributed by atoms with Crippen molar-refractivity contribution in [3.8, 4) is 0 Å². The highest BCUT2D eigenvalue weighted by atomic mass is 32.1. The minimum atomic E-state index is 0.252. The number of ether oxygens (including phenoxy) is 1. The Labute approximate surface area is 94.6 Å². The summed E-state index contributed by atoms with van der Waals surface area (Å²) in [5.74, 6) is 0. The van der Waals surface area contributed by atoms with Gasteiger partial charge in [-0.25, -0.2) is 0 Å². The van der Waals surface area contributed by atoms with E-state index in [9.17, 15) is 0 Å². The zero-order valence-corrected chi connectivity index (χ0v) is 10.1. The molecule has 1 N–H and O–H groups in total. The van der Waals surface area contributed by atoms with E-state index in [-0.39, 0.29) is 6.10 Å². The van der Waals surface area contributed by atoms with Gasteiger partial charge in [-0.2, -0.15) is 0 Å². The van der Waals surface area contributed by atoms with E-state index in [2.05, 4.69) is 23.7 Å². The maximum Gasteiger partial charge on any atom is 0.0986 e. The van der Waals surface area contributed by atoms with Crippen LogP contribution in [-0.4, -0.2) is 19.7 Å². The van der Waals surface area contributed by atoms with Gasteiger partial charge in [0.1, 0.15) is 0 Å². The molecule has 1 fully saturated rings. The van der Waals surface area contributed by atoms with Crippen LogP contribution in [0.5, 0.6) is 0 Å². The van der Waals surface area contributed by atoms with E-state index in [1.165, 1.54) is 18.4 Å². The lowest BCUT2D eigenvalue weighted by Crippen LogP contribution is -2.36. The van der Waals surface area contributed by atoms with E-state index in [0.29, 0.717) is 11.5 Å². The van der Waals surface area contributed by atoms with Crippen molar-refractivity contribution in [2.75, 3.05) is 13.7 Å². The van der Waals surface area contributed by atoms with Crippen molar-refractivity contribution in [1.82, 2.24) is 5.32 Å². The molecule has 1 aromatic rings. The van der Waals surface area contributed by atoms with E-state index in [1.807, 2.05) is 18.4 Å². The predicted octanol–water partition coefficient (Wildman–Crippen LogP) is 2.46. The molecule has 0 radical (unpaired) electrons. The Morgan fingerprint density at radius 1 is 1.60 bits per heavy atom. The molecule has 0 bridgehead atoms. The number of rotatable bonds is 2. The number of hydrogen-bond acceptors (Lipinski definition) is 3. The molecule has 2 aliphatic rings. The Balaban J connectivity index is 1.97. The van der Waals surface area contributed by atoms with Crippen LogP contribution in [-0.2, 0) is 10.2 Å². The molecule has 1 saturated carbocycles. The Morgan fingerprint density at radius 3 is 3.07 bits per heavy atom. The van der Waals surface area contributed by atoms with Gasteiger partial charge in [-0.1, -0.05) is 0 Å². The van der Waals surface area contributed by atoms with Crippen molar-refractivity contribution in [3.63, 3.8) is 0 Å². The molecule has 2 nitrogen and oxygen atoms in total. The SMILES string of the molecule is CN[C@@H](C)C1OCC2(CC2)c2sccc21. The van der Waals surface area contributed by atoms with Gasteiger partial charge in [-0.3, -0.25) is 0 Å². The number of hydrogen-bond donors (Lipinski definition) is 1. The van der Waals surface area contributed by atoms with E-state index < -0.39 is 0 Å². The monoisotopic (exact) mass is 223 g/mol. The molecule has 1 unspecified atom stereocenters. The molecule has 3 rings (SSSR count). The Morgan fingerprint density at radius 2 is 2.40 bits per heavy atom. The molecule has 3 heteroatoms. The second-order valence-corrected chi connectivity index (χ2v) is 5.71. The average Bonchev–Trinajstić information content (AvgIpc) is 2.85. The zero-order chi connectivity index (χ0) is 10.5. The topological polar surface area (TPSA) is 21.3 Å². The normalized spacial score (nSPS) is 28.8. The summed E-state index contributed by atoms with van der Waals surface area (Å²) in [6.07, 6.45) is 2.89. The molecule has 1 aliphatic carbocycles. The highest BCUT2D eigenvalue weighted by molar-refractivity contribution is 7.10. The molecule has 15 heavy (non-hydrogen) atoms. The van der Waals surface area contributed by atoms with Crippen molar-refractivity contribution in [3.05, 3.63) is 21.9 Å². The van der Waals surface area contributed by atoms with Gasteiger partial charge < -0.3 is 10.1 Å². The fourth-order valence-corrected chi connectivity index (χ4v) is 3.65. The van der Waals surface area contributed by atoms with Gasteiger partial charge in [0.15, 0.2) is 0 Å². The lowest BCUT2D eigenvalue weighted by Gasteiger charge is -2.32. The number of likely N-dealkylation sites (N-methyl/N-ethyl adjacent to an activating group) is 1. The van der Waals surface area contributed by atoms with Gasteiger partial charge in [-0.15, -0.1) is 11.3 Å². The van der Waals surface area contributed by atoms with Gasteiger partial charge in [0.25, 0.3) is 0 Å². The predicted molar refractivity (Wildman–Crippen MR) is 62.4 cm³/mol. The third-order valence-electron chi connectivity index (χ3n) is 3.79. The van der Waals surface area contributed by atoms with Crippen molar-refractivity contribution in [2.24, 2.45) is 0 Å². The van der Waals surface area contributed by atoms with Crippen LogP contribution >= 0.6 is 11.3 Å². The average molecular weight is 223 g/mol. The Bertz CT molecular complexity index is 369. The van der Waals surface area contributed by atoms with Crippen LogP contribution in [0, 0.1) is 0 Å². The summed E-state index contributed by atoms with van der Waals surface area (Å²) in [7, 11) is 2.00. The minimum absolute atomic E-state index is 0.252. The van der Waals surface area contributed by atoms with Crippen LogP contribution in [0.15, 0.2) is 11.4 Å². The molecule has 1 aromatic heterocycles. The highest BCUT2D eigenvalue weighted by Gasteiger charge is 2.51. The van der Waals surface area contributed by atoms with Crippen LogP contribution in [0.4, 0.5) is 0 Å². The molecule has 1 spiro atoms. The van der Waals surface area contributed by atoms with Crippen LogP contribution in [0.1, 0.15) is 36.3 Å². The summed E-state index contributed by atoms with van der Waals surface area (Å²) in [6.45, 7) is 3.12. The van der Waals surface area contributed by atoms with Crippen molar-refractivity contribution in [2.45, 2.75) is 37.3 Å². The lowest BCUT2D eigenvalue weighted by molar-refractivity contribution is 0.00450. The van der Waals surface area contributed by atoms with Gasteiger partial charge in [0, 0.05) is 16.3 Å². The van der Waals surface area contributed by atoms with E-state index in [4.69, 9.17) is 4.74 Å². The number of fused-ring (bicyclic) bond motifs is 2. The maximum absolute atomic E-state index is 6.04. The summed E-state index contributed by atoms with van der Waals surface area (Å²) in [5, 5.41) is 5.51. The summed E-state index contributed by atoms with van der Waals surface area (Å²) >= 11 is 1.92. The van der Waals surface area contributed by atoms with E-state index in [0.717, 1.165) is 6.61 Å². The first-order valence-electron chi connectivity index (χ1n) is 5.63. The van der Waals surface area contributed by atoms with Gasteiger partial charge >= 0.3 is 0 Å². The molecular formula is C12H17NOS. The summed E-state index contributed by atoms with van der Waals surface area (Å²) < 4.78 is 6.04. The molecular weight excluding hydrogens is 206 g/mol. The molecule has 0 aromatic carbocycles. The molecule has 2 atom stereocenters. The lowest BCUT2D eigenvalue weighted by atomic mass is 9.93. The van der Waals surface area contributed by atoms with Crippen molar-refractivity contribution >= 4 is 11.3 Å². The van der Waals surface area contributed by atoms with Crippen LogP contribution in [0.2, 0.25) is 0 Å². The van der Waals surface area contributed by atoms with Crippen molar-refractivity contribution < 1.29 is 4.74 Å². The molecule has 0 saturated heterocycles. The third kappa shape index (κ3) is 1.37. The third-order valence-corrected chi connectivity index (χ3v) is 4.96. The Kier molecular flexibility index (Phi) is 2.16. The first kappa shape index (κ1) is 9.82. The zero-order valence-electron chi connectivity index (χ0n) is 9.25. The van der Waals surface area contributed by atoms with Gasteiger partial charge in [-0.05, 0) is 43.8 Å². The first-order chi connectivity index (χ1) is 7.27. The van der Waals surface area contributed by atoms with Gasteiger partial charge in [0.05, 0.1) is 12.7 Å².